The van der Waals surface area contributed by atoms with E-state index in [0.717, 1.165) is 36.5 Å². The summed E-state index contributed by atoms with van der Waals surface area (Å²) in [5.74, 6) is 0.792. The molecule has 1 saturated heterocycles. The second kappa shape index (κ2) is 5.97. The molecule has 2 rings (SSSR count). The summed E-state index contributed by atoms with van der Waals surface area (Å²) in [6.07, 6.45) is 1.74. The number of rotatable bonds is 4. The van der Waals surface area contributed by atoms with Gasteiger partial charge in [-0.15, -0.1) is 5.10 Å². The standard InChI is InChI=1S/C13H21N5O/c1-3-9-10(7-14)13(17-16-11(9)4-2)18-6-5-15-12(19)8-18/h3-8,14H2,1-2H3,(H,15,19). The van der Waals surface area contributed by atoms with Crippen LogP contribution in [0.2, 0.25) is 0 Å². The van der Waals surface area contributed by atoms with Gasteiger partial charge in [-0.05, 0) is 18.4 Å². The molecular weight excluding hydrogens is 242 g/mol. The summed E-state index contributed by atoms with van der Waals surface area (Å²) in [6.45, 7) is 6.32. The normalized spacial score (nSPS) is 15.5. The van der Waals surface area contributed by atoms with Crippen LogP contribution in [0, 0.1) is 0 Å². The van der Waals surface area contributed by atoms with Crippen LogP contribution in [-0.2, 0) is 24.2 Å². The van der Waals surface area contributed by atoms with Gasteiger partial charge in [0.1, 0.15) is 0 Å². The zero-order valence-corrected chi connectivity index (χ0v) is 11.6. The first-order valence-electron chi connectivity index (χ1n) is 6.80. The van der Waals surface area contributed by atoms with Crippen molar-refractivity contribution in [3.63, 3.8) is 0 Å². The predicted molar refractivity (Wildman–Crippen MR) is 73.9 cm³/mol. The Kier molecular flexibility index (Phi) is 4.31. The van der Waals surface area contributed by atoms with Gasteiger partial charge in [0.15, 0.2) is 5.82 Å². The van der Waals surface area contributed by atoms with Crippen LogP contribution in [0.15, 0.2) is 0 Å². The largest absolute Gasteiger partial charge is 0.353 e. The van der Waals surface area contributed by atoms with Crippen LogP contribution in [0.4, 0.5) is 5.82 Å². The molecule has 1 aliphatic heterocycles. The lowest BCUT2D eigenvalue weighted by atomic mass is 10.0. The van der Waals surface area contributed by atoms with E-state index in [9.17, 15) is 4.79 Å². The number of aromatic nitrogens is 2. The molecule has 2 heterocycles. The van der Waals surface area contributed by atoms with Gasteiger partial charge in [-0.1, -0.05) is 13.8 Å². The minimum Gasteiger partial charge on any atom is -0.353 e. The summed E-state index contributed by atoms with van der Waals surface area (Å²) in [5.41, 5.74) is 9.12. The summed E-state index contributed by atoms with van der Waals surface area (Å²) < 4.78 is 0. The molecule has 0 aliphatic carbocycles. The fourth-order valence-electron chi connectivity index (χ4n) is 2.53. The summed E-state index contributed by atoms with van der Waals surface area (Å²) in [4.78, 5) is 13.5. The maximum Gasteiger partial charge on any atom is 0.239 e. The minimum atomic E-state index is 0.0219. The Hall–Kier alpha value is -1.69. The van der Waals surface area contributed by atoms with E-state index in [1.807, 2.05) is 4.90 Å². The first kappa shape index (κ1) is 13.7. The predicted octanol–water partition coefficient (Wildman–Crippen LogP) is -0.00370. The van der Waals surface area contributed by atoms with Gasteiger partial charge >= 0.3 is 0 Å². The van der Waals surface area contributed by atoms with Gasteiger partial charge in [0.2, 0.25) is 5.91 Å². The van der Waals surface area contributed by atoms with Crippen molar-refractivity contribution in [2.24, 2.45) is 5.73 Å². The highest BCUT2D eigenvalue weighted by molar-refractivity contribution is 5.82. The number of aryl methyl sites for hydroxylation is 1. The molecule has 6 nitrogen and oxygen atoms in total. The molecule has 0 bridgehead atoms. The highest BCUT2D eigenvalue weighted by atomic mass is 16.2. The third kappa shape index (κ3) is 2.68. The summed E-state index contributed by atoms with van der Waals surface area (Å²) >= 11 is 0. The Bertz CT molecular complexity index is 474. The maximum absolute atomic E-state index is 11.5. The number of nitrogens with zero attached hydrogens (tertiary/aromatic N) is 3. The molecule has 0 unspecified atom stereocenters. The summed E-state index contributed by atoms with van der Waals surface area (Å²) in [6, 6.07) is 0. The molecule has 0 aromatic carbocycles. The molecule has 1 aliphatic rings. The Morgan fingerprint density at radius 2 is 2.05 bits per heavy atom. The SMILES string of the molecule is CCc1nnc(N2CCNC(=O)C2)c(CN)c1CC. The van der Waals surface area contributed by atoms with Crippen LogP contribution in [0.3, 0.4) is 0 Å². The van der Waals surface area contributed by atoms with Crippen molar-refractivity contribution in [1.82, 2.24) is 15.5 Å². The Morgan fingerprint density at radius 3 is 2.63 bits per heavy atom. The lowest BCUT2D eigenvalue weighted by Gasteiger charge is -2.29. The van der Waals surface area contributed by atoms with Crippen LogP contribution in [0.1, 0.15) is 30.7 Å². The molecule has 0 radical (unpaired) electrons. The number of amides is 1. The molecule has 0 saturated carbocycles. The number of carbonyl (C=O) groups excluding carboxylic acids is 1. The first-order chi connectivity index (χ1) is 9.21. The van der Waals surface area contributed by atoms with Gasteiger partial charge in [0, 0.05) is 25.2 Å². The van der Waals surface area contributed by atoms with Crippen LogP contribution >= 0.6 is 0 Å². The second-order valence-electron chi connectivity index (χ2n) is 4.61. The van der Waals surface area contributed by atoms with Gasteiger partial charge in [0.05, 0.1) is 12.2 Å². The number of anilines is 1. The van der Waals surface area contributed by atoms with E-state index in [2.05, 4.69) is 29.4 Å². The van der Waals surface area contributed by atoms with Crippen molar-refractivity contribution < 1.29 is 4.79 Å². The van der Waals surface area contributed by atoms with Gasteiger partial charge in [-0.3, -0.25) is 4.79 Å². The van der Waals surface area contributed by atoms with Crippen LogP contribution < -0.4 is 16.0 Å². The molecule has 104 valence electrons. The Labute approximate surface area is 113 Å². The summed E-state index contributed by atoms with van der Waals surface area (Å²) in [5, 5.41) is 11.4. The van der Waals surface area contributed by atoms with E-state index in [-0.39, 0.29) is 5.91 Å². The van der Waals surface area contributed by atoms with E-state index in [1.165, 1.54) is 5.56 Å². The molecule has 1 fully saturated rings. The molecule has 0 spiro atoms. The molecule has 3 N–H and O–H groups in total. The number of nitrogens with two attached hydrogens (primary N) is 1. The van der Waals surface area contributed by atoms with Crippen LogP contribution in [0.5, 0.6) is 0 Å². The molecule has 19 heavy (non-hydrogen) atoms. The van der Waals surface area contributed by atoms with Crippen molar-refractivity contribution >= 4 is 11.7 Å². The molecular formula is C13H21N5O. The second-order valence-corrected chi connectivity index (χ2v) is 4.61. The van der Waals surface area contributed by atoms with E-state index in [1.54, 1.807) is 0 Å². The Morgan fingerprint density at radius 1 is 1.26 bits per heavy atom. The van der Waals surface area contributed by atoms with E-state index in [4.69, 9.17) is 5.73 Å². The first-order valence-corrected chi connectivity index (χ1v) is 6.80. The lowest BCUT2D eigenvalue weighted by Crippen LogP contribution is -2.48. The van der Waals surface area contributed by atoms with E-state index in [0.29, 0.717) is 19.6 Å². The number of hydrogen-bond acceptors (Lipinski definition) is 5. The molecule has 1 aromatic heterocycles. The average Bonchev–Trinajstić information content (AvgIpc) is 2.45. The smallest absolute Gasteiger partial charge is 0.239 e. The maximum atomic E-state index is 11.5. The zero-order valence-electron chi connectivity index (χ0n) is 11.6. The van der Waals surface area contributed by atoms with Crippen molar-refractivity contribution in [3.8, 4) is 0 Å². The van der Waals surface area contributed by atoms with Crippen molar-refractivity contribution in [2.45, 2.75) is 33.2 Å². The highest BCUT2D eigenvalue weighted by Crippen LogP contribution is 2.23. The number of nitrogens with one attached hydrogen (secondary N) is 1. The lowest BCUT2D eigenvalue weighted by molar-refractivity contribution is -0.120. The number of carbonyl (C=O) groups is 1. The van der Waals surface area contributed by atoms with Crippen molar-refractivity contribution in [3.05, 3.63) is 16.8 Å². The van der Waals surface area contributed by atoms with Gasteiger partial charge in [0.25, 0.3) is 0 Å². The Balaban J connectivity index is 2.42. The van der Waals surface area contributed by atoms with Crippen LogP contribution in [0.25, 0.3) is 0 Å². The minimum absolute atomic E-state index is 0.0219. The van der Waals surface area contributed by atoms with Gasteiger partial charge in [-0.2, -0.15) is 5.10 Å². The highest BCUT2D eigenvalue weighted by Gasteiger charge is 2.22. The monoisotopic (exact) mass is 263 g/mol. The van der Waals surface area contributed by atoms with Crippen molar-refractivity contribution in [1.29, 1.82) is 0 Å². The third-order valence-corrected chi connectivity index (χ3v) is 3.48. The fourth-order valence-corrected chi connectivity index (χ4v) is 2.53. The number of piperazine rings is 1. The zero-order chi connectivity index (χ0) is 13.8. The average molecular weight is 263 g/mol. The third-order valence-electron chi connectivity index (χ3n) is 3.48. The van der Waals surface area contributed by atoms with E-state index >= 15 is 0 Å². The van der Waals surface area contributed by atoms with Gasteiger partial charge in [-0.25, -0.2) is 0 Å². The molecule has 1 amide bonds. The fraction of sp³-hybridized carbons (Fsp3) is 0.615. The molecule has 0 atom stereocenters. The van der Waals surface area contributed by atoms with E-state index < -0.39 is 0 Å². The van der Waals surface area contributed by atoms with Crippen molar-refractivity contribution in [2.75, 3.05) is 24.5 Å². The molecule has 1 aromatic rings. The number of hydrogen-bond donors (Lipinski definition) is 2. The topological polar surface area (TPSA) is 84.1 Å². The van der Waals surface area contributed by atoms with Gasteiger partial charge < -0.3 is 16.0 Å². The van der Waals surface area contributed by atoms with Crippen LogP contribution in [-0.4, -0.2) is 35.7 Å². The quantitative estimate of drug-likeness (QED) is 0.798. The summed E-state index contributed by atoms with van der Waals surface area (Å²) in [7, 11) is 0. The molecule has 6 heteroatoms.